The molecule has 3 heteroatoms. The van der Waals surface area contributed by atoms with Gasteiger partial charge in [-0.25, -0.2) is 4.98 Å². The normalized spacial score (nSPS) is 19.3. The number of pyridine rings is 1. The third-order valence-corrected chi connectivity index (χ3v) is 3.74. The molecule has 1 unspecified atom stereocenters. The van der Waals surface area contributed by atoms with E-state index < -0.39 is 0 Å². The molecule has 1 fully saturated rings. The Morgan fingerprint density at radius 1 is 1.33 bits per heavy atom. The summed E-state index contributed by atoms with van der Waals surface area (Å²) in [5.74, 6) is 1.13. The van der Waals surface area contributed by atoms with Gasteiger partial charge in [0.25, 0.3) is 0 Å². The van der Waals surface area contributed by atoms with Crippen LogP contribution < -0.4 is 10.2 Å². The maximum Gasteiger partial charge on any atom is 0.136 e. The number of nitrogens with zero attached hydrogens (tertiary/aromatic N) is 2. The van der Waals surface area contributed by atoms with E-state index in [-0.39, 0.29) is 0 Å². The molecule has 0 saturated carbocycles. The largest absolute Gasteiger partial charge is 0.352 e. The van der Waals surface area contributed by atoms with E-state index in [0.29, 0.717) is 6.04 Å². The van der Waals surface area contributed by atoms with Crippen molar-refractivity contribution < 1.29 is 0 Å². The van der Waals surface area contributed by atoms with E-state index in [0.717, 1.165) is 25.5 Å². The topological polar surface area (TPSA) is 28.2 Å². The first-order chi connectivity index (χ1) is 8.90. The van der Waals surface area contributed by atoms with E-state index in [9.17, 15) is 0 Å². The fourth-order valence-electron chi connectivity index (χ4n) is 2.82. The molecule has 94 valence electrons. The second-order valence-electron chi connectivity index (χ2n) is 4.79. The fraction of sp³-hybridized carbons (Fsp3) is 0.400. The van der Waals surface area contributed by atoms with Gasteiger partial charge >= 0.3 is 0 Å². The highest BCUT2D eigenvalue weighted by atomic mass is 15.2. The maximum absolute atomic E-state index is 4.62. The van der Waals surface area contributed by atoms with Crippen molar-refractivity contribution in [3.05, 3.63) is 36.5 Å². The lowest BCUT2D eigenvalue weighted by Gasteiger charge is -2.29. The molecule has 3 rings (SSSR count). The van der Waals surface area contributed by atoms with Crippen LogP contribution in [-0.4, -0.2) is 30.7 Å². The molecule has 0 amide bonds. The third-order valence-electron chi connectivity index (χ3n) is 3.74. The number of hydrogen-bond donors (Lipinski definition) is 1. The van der Waals surface area contributed by atoms with Crippen LogP contribution in [0.5, 0.6) is 0 Å². The zero-order chi connectivity index (χ0) is 12.4. The van der Waals surface area contributed by atoms with Crippen molar-refractivity contribution in [2.45, 2.75) is 19.4 Å². The van der Waals surface area contributed by atoms with Crippen molar-refractivity contribution in [1.29, 1.82) is 0 Å². The summed E-state index contributed by atoms with van der Waals surface area (Å²) in [6.45, 7) is 5.40. The van der Waals surface area contributed by atoms with Gasteiger partial charge in [0.2, 0.25) is 0 Å². The molecule has 2 heterocycles. The highest BCUT2D eigenvalue weighted by Crippen LogP contribution is 2.26. The Bertz CT molecular complexity index is 527. The SMILES string of the molecule is CCN(c1nccc2ccccc12)C1CCNC1. The quantitative estimate of drug-likeness (QED) is 0.894. The van der Waals surface area contributed by atoms with Gasteiger partial charge in [0.15, 0.2) is 0 Å². The van der Waals surface area contributed by atoms with E-state index in [2.05, 4.69) is 52.5 Å². The predicted molar refractivity (Wildman–Crippen MR) is 76.0 cm³/mol. The summed E-state index contributed by atoms with van der Waals surface area (Å²) in [6.07, 6.45) is 3.13. The highest BCUT2D eigenvalue weighted by Gasteiger charge is 2.23. The molecule has 3 nitrogen and oxygen atoms in total. The number of hydrogen-bond acceptors (Lipinski definition) is 3. The molecule has 1 aromatic heterocycles. The molecule has 0 radical (unpaired) electrons. The zero-order valence-electron chi connectivity index (χ0n) is 10.8. The van der Waals surface area contributed by atoms with Crippen molar-refractivity contribution in [2.24, 2.45) is 0 Å². The van der Waals surface area contributed by atoms with Crippen LogP contribution in [0.3, 0.4) is 0 Å². The Morgan fingerprint density at radius 3 is 3.00 bits per heavy atom. The van der Waals surface area contributed by atoms with Gasteiger partial charge in [-0.2, -0.15) is 0 Å². The van der Waals surface area contributed by atoms with Gasteiger partial charge in [-0.05, 0) is 31.3 Å². The molecule has 1 aromatic carbocycles. The number of nitrogens with one attached hydrogen (secondary N) is 1. The maximum atomic E-state index is 4.62. The Morgan fingerprint density at radius 2 is 2.22 bits per heavy atom. The average molecular weight is 241 g/mol. The standard InChI is InChI=1S/C15H19N3/c1-2-18(13-8-9-16-11-13)15-14-6-4-3-5-12(14)7-10-17-15/h3-7,10,13,16H,2,8-9,11H2,1H3. The summed E-state index contributed by atoms with van der Waals surface area (Å²) in [4.78, 5) is 7.05. The highest BCUT2D eigenvalue weighted by molar-refractivity contribution is 5.92. The van der Waals surface area contributed by atoms with E-state index in [4.69, 9.17) is 0 Å². The van der Waals surface area contributed by atoms with Gasteiger partial charge in [-0.1, -0.05) is 24.3 Å². The van der Waals surface area contributed by atoms with Crippen molar-refractivity contribution >= 4 is 16.6 Å². The first-order valence-corrected chi connectivity index (χ1v) is 6.71. The summed E-state index contributed by atoms with van der Waals surface area (Å²) in [7, 11) is 0. The first-order valence-electron chi connectivity index (χ1n) is 6.71. The van der Waals surface area contributed by atoms with Crippen molar-refractivity contribution in [3.63, 3.8) is 0 Å². The molecule has 18 heavy (non-hydrogen) atoms. The molecule has 0 bridgehead atoms. The smallest absolute Gasteiger partial charge is 0.136 e. The van der Waals surface area contributed by atoms with E-state index in [1.54, 1.807) is 0 Å². The molecule has 1 atom stereocenters. The fourth-order valence-corrected chi connectivity index (χ4v) is 2.82. The molecule has 1 N–H and O–H groups in total. The minimum Gasteiger partial charge on any atom is -0.352 e. The van der Waals surface area contributed by atoms with Crippen LogP contribution in [0.1, 0.15) is 13.3 Å². The Balaban J connectivity index is 2.06. The molecule has 0 spiro atoms. The van der Waals surface area contributed by atoms with Gasteiger partial charge in [0, 0.05) is 30.7 Å². The number of fused-ring (bicyclic) bond motifs is 1. The number of aromatic nitrogens is 1. The lowest BCUT2D eigenvalue weighted by molar-refractivity contribution is 0.643. The Kier molecular flexibility index (Phi) is 3.15. The van der Waals surface area contributed by atoms with Gasteiger partial charge in [0.05, 0.1) is 0 Å². The summed E-state index contributed by atoms with van der Waals surface area (Å²) in [5.41, 5.74) is 0. The number of anilines is 1. The number of benzene rings is 1. The molecule has 2 aromatic rings. The predicted octanol–water partition coefficient (Wildman–Crippen LogP) is 2.42. The minimum atomic E-state index is 0.577. The molecular formula is C15H19N3. The Hall–Kier alpha value is -1.61. The van der Waals surface area contributed by atoms with Gasteiger partial charge in [0.1, 0.15) is 5.82 Å². The van der Waals surface area contributed by atoms with Crippen LogP contribution in [-0.2, 0) is 0 Å². The monoisotopic (exact) mass is 241 g/mol. The van der Waals surface area contributed by atoms with E-state index in [1.165, 1.54) is 17.2 Å². The first kappa shape index (κ1) is 11.5. The summed E-state index contributed by atoms with van der Waals surface area (Å²) < 4.78 is 0. The molecule has 0 aliphatic carbocycles. The van der Waals surface area contributed by atoms with Crippen LogP contribution in [0, 0.1) is 0 Å². The summed E-state index contributed by atoms with van der Waals surface area (Å²) in [6, 6.07) is 11.2. The van der Waals surface area contributed by atoms with Gasteiger partial charge in [-0.3, -0.25) is 0 Å². The van der Waals surface area contributed by atoms with Crippen LogP contribution in [0.2, 0.25) is 0 Å². The lowest BCUT2D eigenvalue weighted by atomic mass is 10.1. The summed E-state index contributed by atoms with van der Waals surface area (Å²) >= 11 is 0. The van der Waals surface area contributed by atoms with Crippen molar-refractivity contribution in [2.75, 3.05) is 24.5 Å². The number of likely N-dealkylation sites (N-methyl/N-ethyl adjacent to an activating group) is 1. The van der Waals surface area contributed by atoms with Crippen LogP contribution in [0.15, 0.2) is 36.5 Å². The van der Waals surface area contributed by atoms with Crippen LogP contribution >= 0.6 is 0 Å². The minimum absolute atomic E-state index is 0.577. The van der Waals surface area contributed by atoms with Gasteiger partial charge < -0.3 is 10.2 Å². The van der Waals surface area contributed by atoms with Crippen LogP contribution in [0.4, 0.5) is 5.82 Å². The van der Waals surface area contributed by atoms with E-state index >= 15 is 0 Å². The van der Waals surface area contributed by atoms with Crippen LogP contribution in [0.25, 0.3) is 10.8 Å². The third kappa shape index (κ3) is 1.95. The number of rotatable bonds is 3. The average Bonchev–Trinajstić information content (AvgIpc) is 2.94. The van der Waals surface area contributed by atoms with Gasteiger partial charge in [-0.15, -0.1) is 0 Å². The molecular weight excluding hydrogens is 222 g/mol. The second kappa shape index (κ2) is 4.94. The summed E-state index contributed by atoms with van der Waals surface area (Å²) in [5, 5.41) is 5.96. The molecule has 1 aliphatic heterocycles. The molecule has 1 aliphatic rings. The lowest BCUT2D eigenvalue weighted by Crippen LogP contribution is -2.37. The molecule has 1 saturated heterocycles. The van der Waals surface area contributed by atoms with Crippen molar-refractivity contribution in [3.8, 4) is 0 Å². The second-order valence-corrected chi connectivity index (χ2v) is 4.79. The van der Waals surface area contributed by atoms with E-state index in [1.807, 2.05) is 6.20 Å². The Labute approximate surface area is 108 Å². The zero-order valence-corrected chi connectivity index (χ0v) is 10.8. The van der Waals surface area contributed by atoms with Crippen molar-refractivity contribution in [1.82, 2.24) is 10.3 Å².